The standard InChI is InChI=1S/C15H30N4O2/c1-5-16-15(17-8-10-21-6-2)18-13-7-9-19(11-13)14(20)12(3)4/h12-13H,5-11H2,1-4H3,(H2,16,17,18). The van der Waals surface area contributed by atoms with Gasteiger partial charge in [-0.15, -0.1) is 0 Å². The van der Waals surface area contributed by atoms with E-state index in [9.17, 15) is 4.79 Å². The zero-order chi connectivity index (χ0) is 15.7. The summed E-state index contributed by atoms with van der Waals surface area (Å²) < 4.78 is 5.29. The highest BCUT2D eigenvalue weighted by atomic mass is 16.5. The number of amides is 1. The van der Waals surface area contributed by atoms with Gasteiger partial charge in [0.05, 0.1) is 13.2 Å². The van der Waals surface area contributed by atoms with E-state index in [-0.39, 0.29) is 17.9 Å². The Morgan fingerprint density at radius 2 is 2.19 bits per heavy atom. The van der Waals surface area contributed by atoms with Gasteiger partial charge in [-0.25, -0.2) is 0 Å². The lowest BCUT2D eigenvalue weighted by atomic mass is 10.2. The lowest BCUT2D eigenvalue weighted by Gasteiger charge is -2.20. The van der Waals surface area contributed by atoms with Gasteiger partial charge in [-0.2, -0.15) is 0 Å². The lowest BCUT2D eigenvalue weighted by Crippen LogP contribution is -2.45. The van der Waals surface area contributed by atoms with E-state index in [0.717, 1.165) is 32.0 Å². The molecule has 21 heavy (non-hydrogen) atoms. The third-order valence-corrected chi connectivity index (χ3v) is 3.39. The topological polar surface area (TPSA) is 66.0 Å². The van der Waals surface area contributed by atoms with Crippen molar-refractivity contribution in [1.29, 1.82) is 0 Å². The monoisotopic (exact) mass is 298 g/mol. The molecule has 1 atom stereocenters. The Kier molecular flexibility index (Phi) is 8.12. The molecule has 0 aromatic rings. The van der Waals surface area contributed by atoms with Crippen LogP contribution in [-0.2, 0) is 9.53 Å². The van der Waals surface area contributed by atoms with Crippen LogP contribution in [0.1, 0.15) is 34.1 Å². The normalized spacial score (nSPS) is 19.2. The van der Waals surface area contributed by atoms with Gasteiger partial charge in [0.1, 0.15) is 0 Å². The molecule has 0 aromatic carbocycles. The minimum absolute atomic E-state index is 0.0665. The highest BCUT2D eigenvalue weighted by Gasteiger charge is 2.27. The van der Waals surface area contributed by atoms with Gasteiger partial charge < -0.3 is 20.3 Å². The molecule has 1 saturated heterocycles. The summed E-state index contributed by atoms with van der Waals surface area (Å²) in [4.78, 5) is 18.4. The number of nitrogens with one attached hydrogen (secondary N) is 2. The molecule has 1 aliphatic rings. The highest BCUT2D eigenvalue weighted by molar-refractivity contribution is 5.81. The van der Waals surface area contributed by atoms with Crippen molar-refractivity contribution < 1.29 is 9.53 Å². The SMILES string of the molecule is CCNC(=NCCOCC)NC1CCN(C(=O)C(C)C)C1. The molecular formula is C15H30N4O2. The average molecular weight is 298 g/mol. The minimum atomic E-state index is 0.0665. The average Bonchev–Trinajstić information content (AvgIpc) is 2.91. The van der Waals surface area contributed by atoms with Gasteiger partial charge in [-0.3, -0.25) is 9.79 Å². The maximum atomic E-state index is 12.0. The first kappa shape index (κ1) is 17.8. The van der Waals surface area contributed by atoms with E-state index in [4.69, 9.17) is 4.74 Å². The second-order valence-electron chi connectivity index (χ2n) is 5.53. The van der Waals surface area contributed by atoms with Gasteiger partial charge in [-0.1, -0.05) is 13.8 Å². The Balaban J connectivity index is 2.43. The van der Waals surface area contributed by atoms with Gasteiger partial charge in [0.25, 0.3) is 0 Å². The smallest absolute Gasteiger partial charge is 0.225 e. The largest absolute Gasteiger partial charge is 0.380 e. The number of hydrogen-bond acceptors (Lipinski definition) is 3. The molecular weight excluding hydrogens is 268 g/mol. The summed E-state index contributed by atoms with van der Waals surface area (Å²) in [6.07, 6.45) is 0.967. The molecule has 0 aromatic heterocycles. The van der Waals surface area contributed by atoms with Crippen molar-refractivity contribution in [1.82, 2.24) is 15.5 Å². The van der Waals surface area contributed by atoms with Crippen molar-refractivity contribution in [3.05, 3.63) is 0 Å². The zero-order valence-electron chi connectivity index (χ0n) is 13.8. The van der Waals surface area contributed by atoms with E-state index in [0.29, 0.717) is 19.8 Å². The molecule has 0 spiro atoms. The summed E-state index contributed by atoms with van der Waals surface area (Å²) in [6.45, 7) is 12.3. The fourth-order valence-electron chi connectivity index (χ4n) is 2.32. The number of guanidine groups is 1. The molecule has 1 rings (SSSR count). The van der Waals surface area contributed by atoms with Crippen LogP contribution in [0.5, 0.6) is 0 Å². The van der Waals surface area contributed by atoms with Crippen molar-refractivity contribution >= 4 is 11.9 Å². The summed E-state index contributed by atoms with van der Waals surface area (Å²) in [6, 6.07) is 0.276. The number of carbonyl (C=O) groups excluding carboxylic acids is 1. The maximum absolute atomic E-state index is 12.0. The van der Waals surface area contributed by atoms with E-state index in [1.807, 2.05) is 32.6 Å². The van der Waals surface area contributed by atoms with E-state index in [2.05, 4.69) is 15.6 Å². The summed E-state index contributed by atoms with van der Waals surface area (Å²) in [5, 5.41) is 6.64. The molecule has 0 saturated carbocycles. The number of aliphatic imine (C=N–C) groups is 1. The maximum Gasteiger partial charge on any atom is 0.225 e. The molecule has 1 unspecified atom stereocenters. The van der Waals surface area contributed by atoms with Crippen LogP contribution < -0.4 is 10.6 Å². The van der Waals surface area contributed by atoms with Crippen LogP contribution in [0.3, 0.4) is 0 Å². The number of nitrogens with zero attached hydrogens (tertiary/aromatic N) is 2. The molecule has 1 aliphatic heterocycles. The summed E-state index contributed by atoms with van der Waals surface area (Å²) in [5.74, 6) is 1.11. The molecule has 1 fully saturated rings. The summed E-state index contributed by atoms with van der Waals surface area (Å²) in [7, 11) is 0. The quantitative estimate of drug-likeness (QED) is 0.415. The van der Waals surface area contributed by atoms with Gasteiger partial charge >= 0.3 is 0 Å². The third-order valence-electron chi connectivity index (χ3n) is 3.39. The van der Waals surface area contributed by atoms with Gasteiger partial charge in [0.2, 0.25) is 5.91 Å². The molecule has 6 nitrogen and oxygen atoms in total. The van der Waals surface area contributed by atoms with Crippen LogP contribution in [-0.4, -0.2) is 62.2 Å². The number of hydrogen-bond donors (Lipinski definition) is 2. The fraction of sp³-hybridized carbons (Fsp3) is 0.867. The predicted molar refractivity (Wildman–Crippen MR) is 85.4 cm³/mol. The Labute approximate surface area is 128 Å². The van der Waals surface area contributed by atoms with Crippen LogP contribution in [0.25, 0.3) is 0 Å². The van der Waals surface area contributed by atoms with Crippen LogP contribution in [0.2, 0.25) is 0 Å². The second-order valence-corrected chi connectivity index (χ2v) is 5.53. The molecule has 0 radical (unpaired) electrons. The van der Waals surface area contributed by atoms with Crippen LogP contribution in [0.15, 0.2) is 4.99 Å². The number of ether oxygens (including phenoxy) is 1. The molecule has 1 heterocycles. The van der Waals surface area contributed by atoms with Crippen LogP contribution >= 0.6 is 0 Å². The Morgan fingerprint density at radius 3 is 2.81 bits per heavy atom. The van der Waals surface area contributed by atoms with Crippen molar-refractivity contribution in [3.8, 4) is 0 Å². The van der Waals surface area contributed by atoms with Crippen molar-refractivity contribution in [2.24, 2.45) is 10.9 Å². The number of carbonyl (C=O) groups is 1. The molecule has 2 N–H and O–H groups in total. The fourth-order valence-corrected chi connectivity index (χ4v) is 2.32. The highest BCUT2D eigenvalue weighted by Crippen LogP contribution is 2.12. The van der Waals surface area contributed by atoms with E-state index < -0.39 is 0 Å². The van der Waals surface area contributed by atoms with Gasteiger partial charge in [-0.05, 0) is 20.3 Å². The molecule has 122 valence electrons. The third kappa shape index (κ3) is 6.33. The minimum Gasteiger partial charge on any atom is -0.380 e. The van der Waals surface area contributed by atoms with E-state index in [1.165, 1.54) is 0 Å². The second kappa shape index (κ2) is 9.60. The molecule has 1 amide bonds. The zero-order valence-corrected chi connectivity index (χ0v) is 13.8. The first-order valence-electron chi connectivity index (χ1n) is 7.99. The van der Waals surface area contributed by atoms with Gasteiger partial charge in [0.15, 0.2) is 5.96 Å². The number of rotatable bonds is 7. The van der Waals surface area contributed by atoms with E-state index in [1.54, 1.807) is 0 Å². The first-order chi connectivity index (χ1) is 10.1. The van der Waals surface area contributed by atoms with Crippen molar-refractivity contribution in [3.63, 3.8) is 0 Å². The van der Waals surface area contributed by atoms with Crippen LogP contribution in [0.4, 0.5) is 0 Å². The summed E-state index contributed by atoms with van der Waals surface area (Å²) >= 11 is 0. The van der Waals surface area contributed by atoms with Crippen LogP contribution in [0, 0.1) is 5.92 Å². The summed E-state index contributed by atoms with van der Waals surface area (Å²) in [5.41, 5.74) is 0. The Hall–Kier alpha value is -1.30. The first-order valence-corrected chi connectivity index (χ1v) is 7.99. The predicted octanol–water partition coefficient (Wildman–Crippen LogP) is 0.835. The lowest BCUT2D eigenvalue weighted by molar-refractivity contribution is -0.133. The molecule has 0 bridgehead atoms. The van der Waals surface area contributed by atoms with Crippen molar-refractivity contribution in [2.45, 2.75) is 40.2 Å². The van der Waals surface area contributed by atoms with E-state index >= 15 is 0 Å². The van der Waals surface area contributed by atoms with Gasteiger partial charge in [0, 0.05) is 38.2 Å². The molecule has 6 heteroatoms. The Bertz CT molecular complexity index is 345. The number of likely N-dealkylation sites (tertiary alicyclic amines) is 1. The Morgan fingerprint density at radius 1 is 1.43 bits per heavy atom. The van der Waals surface area contributed by atoms with Crippen molar-refractivity contribution in [2.75, 3.05) is 39.4 Å². The molecule has 0 aliphatic carbocycles.